The van der Waals surface area contributed by atoms with Crippen molar-refractivity contribution in [2.45, 2.75) is 30.9 Å². The Hall–Kier alpha value is -1.79. The van der Waals surface area contributed by atoms with Crippen molar-refractivity contribution in [3.05, 3.63) is 41.6 Å². The SMILES string of the molecule is CC(O)C1C(=O)N2C(C(=O)O)=C(CSc3ccccc3)C(C)C12. The van der Waals surface area contributed by atoms with Gasteiger partial charge in [0.15, 0.2) is 0 Å². The van der Waals surface area contributed by atoms with Crippen molar-refractivity contribution in [3.8, 4) is 0 Å². The van der Waals surface area contributed by atoms with E-state index in [1.165, 1.54) is 4.90 Å². The molecule has 2 heterocycles. The van der Waals surface area contributed by atoms with Crippen LogP contribution < -0.4 is 0 Å². The van der Waals surface area contributed by atoms with Crippen LogP contribution in [0.25, 0.3) is 0 Å². The number of thioether (sulfide) groups is 1. The first kappa shape index (κ1) is 16.1. The molecular weight excluding hydrogens is 314 g/mol. The van der Waals surface area contributed by atoms with Crippen molar-refractivity contribution in [3.63, 3.8) is 0 Å². The average molecular weight is 333 g/mol. The first-order chi connectivity index (χ1) is 10.9. The summed E-state index contributed by atoms with van der Waals surface area (Å²) in [6.45, 7) is 3.53. The van der Waals surface area contributed by atoms with E-state index in [-0.39, 0.29) is 23.6 Å². The standard InChI is InChI=1S/C17H19NO4S/c1-9-12(8-23-11-6-4-3-5-7-11)15(17(21)22)18-14(9)13(10(2)19)16(18)20/h3-7,9-10,13-14,19H,8H2,1-2H3,(H,21,22). The number of β-lactam (4-membered cyclic amide) rings is 1. The number of aliphatic hydroxyl groups excluding tert-OH is 1. The Kier molecular flexibility index (Phi) is 4.21. The average Bonchev–Trinajstić information content (AvgIpc) is 2.75. The van der Waals surface area contributed by atoms with E-state index >= 15 is 0 Å². The van der Waals surface area contributed by atoms with Crippen LogP contribution >= 0.6 is 11.8 Å². The first-order valence-corrected chi connectivity index (χ1v) is 8.57. The maximum atomic E-state index is 12.2. The van der Waals surface area contributed by atoms with E-state index in [0.29, 0.717) is 5.75 Å². The Labute approximate surface area is 139 Å². The van der Waals surface area contributed by atoms with Gasteiger partial charge in [0, 0.05) is 16.6 Å². The summed E-state index contributed by atoms with van der Waals surface area (Å²) in [5.74, 6) is -1.39. The number of carboxylic acid groups (broad SMARTS) is 1. The predicted molar refractivity (Wildman–Crippen MR) is 86.8 cm³/mol. The van der Waals surface area contributed by atoms with Gasteiger partial charge in [-0.15, -0.1) is 11.8 Å². The molecule has 2 aliphatic heterocycles. The van der Waals surface area contributed by atoms with Crippen molar-refractivity contribution in [2.24, 2.45) is 11.8 Å². The molecule has 1 aromatic carbocycles. The van der Waals surface area contributed by atoms with Crippen molar-refractivity contribution < 1.29 is 19.8 Å². The van der Waals surface area contributed by atoms with Gasteiger partial charge in [-0.3, -0.25) is 4.79 Å². The summed E-state index contributed by atoms with van der Waals surface area (Å²) in [5.41, 5.74) is 0.876. The lowest BCUT2D eigenvalue weighted by molar-refractivity contribution is -0.163. The Balaban J connectivity index is 1.86. The summed E-state index contributed by atoms with van der Waals surface area (Å²) in [5, 5.41) is 19.3. The first-order valence-electron chi connectivity index (χ1n) is 7.58. The van der Waals surface area contributed by atoms with E-state index in [9.17, 15) is 19.8 Å². The maximum absolute atomic E-state index is 12.2. The number of carbonyl (C=O) groups excluding carboxylic acids is 1. The lowest BCUT2D eigenvalue weighted by atomic mass is 9.78. The Morgan fingerprint density at radius 1 is 1.35 bits per heavy atom. The maximum Gasteiger partial charge on any atom is 0.352 e. The van der Waals surface area contributed by atoms with Gasteiger partial charge >= 0.3 is 5.97 Å². The number of benzene rings is 1. The molecule has 3 rings (SSSR count). The Morgan fingerprint density at radius 2 is 2.00 bits per heavy atom. The van der Waals surface area contributed by atoms with Crippen LogP contribution in [0.5, 0.6) is 0 Å². The van der Waals surface area contributed by atoms with Gasteiger partial charge in [-0.2, -0.15) is 0 Å². The molecule has 2 N–H and O–H groups in total. The number of hydrogen-bond donors (Lipinski definition) is 2. The van der Waals surface area contributed by atoms with Crippen LogP contribution in [-0.2, 0) is 9.59 Å². The van der Waals surface area contributed by atoms with Gasteiger partial charge in [0.1, 0.15) is 5.70 Å². The number of hydrogen-bond acceptors (Lipinski definition) is 4. The normalized spacial score (nSPS) is 27.7. The van der Waals surface area contributed by atoms with Crippen LogP contribution in [0, 0.1) is 11.8 Å². The molecule has 6 heteroatoms. The predicted octanol–water partition coefficient (Wildman–Crippen LogP) is 1.97. The fourth-order valence-electron chi connectivity index (χ4n) is 3.51. The highest BCUT2D eigenvalue weighted by Crippen LogP contribution is 2.48. The summed E-state index contributed by atoms with van der Waals surface area (Å²) in [6.07, 6.45) is -0.762. The number of amides is 1. The van der Waals surface area contributed by atoms with Crippen molar-refractivity contribution in [2.75, 3.05) is 5.75 Å². The third-order valence-electron chi connectivity index (χ3n) is 4.66. The Bertz CT molecular complexity index is 670. The fraction of sp³-hybridized carbons (Fsp3) is 0.412. The monoisotopic (exact) mass is 333 g/mol. The minimum absolute atomic E-state index is 0.0605. The van der Waals surface area contributed by atoms with Gasteiger partial charge in [-0.05, 0) is 24.6 Å². The van der Waals surface area contributed by atoms with Gasteiger partial charge < -0.3 is 15.1 Å². The van der Waals surface area contributed by atoms with Gasteiger partial charge in [-0.25, -0.2) is 4.79 Å². The summed E-state index contributed by atoms with van der Waals surface area (Å²) in [4.78, 5) is 26.3. The molecule has 4 unspecified atom stereocenters. The molecule has 122 valence electrons. The smallest absolute Gasteiger partial charge is 0.352 e. The van der Waals surface area contributed by atoms with Crippen molar-refractivity contribution >= 4 is 23.6 Å². The van der Waals surface area contributed by atoms with E-state index in [1.54, 1.807) is 18.7 Å². The molecule has 0 saturated carbocycles. The zero-order chi connectivity index (χ0) is 16.7. The molecule has 4 atom stereocenters. The van der Waals surface area contributed by atoms with Crippen LogP contribution in [0.2, 0.25) is 0 Å². The van der Waals surface area contributed by atoms with Crippen LogP contribution in [0.1, 0.15) is 13.8 Å². The zero-order valence-corrected chi connectivity index (χ0v) is 13.8. The second-order valence-corrected chi connectivity index (χ2v) is 7.08. The minimum atomic E-state index is -1.07. The van der Waals surface area contributed by atoms with E-state index in [1.807, 2.05) is 37.3 Å². The molecule has 2 aliphatic rings. The number of carbonyl (C=O) groups is 2. The van der Waals surface area contributed by atoms with Gasteiger partial charge in [0.05, 0.1) is 18.1 Å². The molecule has 1 aromatic rings. The Morgan fingerprint density at radius 3 is 2.57 bits per heavy atom. The molecule has 23 heavy (non-hydrogen) atoms. The third kappa shape index (κ3) is 2.56. The van der Waals surface area contributed by atoms with Crippen LogP contribution in [-0.4, -0.2) is 44.9 Å². The number of nitrogens with zero attached hydrogens (tertiary/aromatic N) is 1. The van der Waals surface area contributed by atoms with Crippen molar-refractivity contribution in [1.82, 2.24) is 4.90 Å². The molecule has 0 aromatic heterocycles. The third-order valence-corrected chi connectivity index (χ3v) is 5.72. The number of carboxylic acids is 1. The molecule has 1 amide bonds. The number of fused-ring (bicyclic) bond motifs is 1. The van der Waals surface area contributed by atoms with Gasteiger partial charge in [0.2, 0.25) is 5.91 Å². The minimum Gasteiger partial charge on any atom is -0.477 e. The second-order valence-electron chi connectivity index (χ2n) is 6.03. The van der Waals surface area contributed by atoms with Crippen molar-refractivity contribution in [1.29, 1.82) is 0 Å². The zero-order valence-electron chi connectivity index (χ0n) is 13.0. The second kappa shape index (κ2) is 6.02. The largest absolute Gasteiger partial charge is 0.477 e. The summed E-state index contributed by atoms with van der Waals surface area (Å²) in [7, 11) is 0. The van der Waals surface area contributed by atoms with E-state index in [4.69, 9.17) is 0 Å². The highest BCUT2D eigenvalue weighted by atomic mass is 32.2. The summed E-state index contributed by atoms with van der Waals surface area (Å²) >= 11 is 1.56. The number of aliphatic hydroxyl groups is 1. The molecule has 1 saturated heterocycles. The van der Waals surface area contributed by atoms with Crippen LogP contribution in [0.3, 0.4) is 0 Å². The highest BCUT2D eigenvalue weighted by Gasteiger charge is 2.59. The molecule has 0 bridgehead atoms. The molecule has 5 nitrogen and oxygen atoms in total. The number of rotatable bonds is 5. The lowest BCUT2D eigenvalue weighted by Gasteiger charge is -2.46. The summed E-state index contributed by atoms with van der Waals surface area (Å²) in [6, 6.07) is 9.52. The molecule has 0 radical (unpaired) electrons. The van der Waals surface area contributed by atoms with E-state index in [0.717, 1.165) is 10.5 Å². The van der Waals surface area contributed by atoms with Gasteiger partial charge in [-0.1, -0.05) is 25.1 Å². The lowest BCUT2D eigenvalue weighted by Crippen LogP contribution is -2.63. The highest BCUT2D eigenvalue weighted by molar-refractivity contribution is 7.99. The molecular formula is C17H19NO4S. The van der Waals surface area contributed by atoms with Crippen LogP contribution in [0.15, 0.2) is 46.5 Å². The van der Waals surface area contributed by atoms with Gasteiger partial charge in [0.25, 0.3) is 0 Å². The van der Waals surface area contributed by atoms with E-state index < -0.39 is 18.0 Å². The summed E-state index contributed by atoms with van der Waals surface area (Å²) < 4.78 is 0. The molecule has 0 spiro atoms. The van der Waals surface area contributed by atoms with E-state index in [2.05, 4.69) is 0 Å². The topological polar surface area (TPSA) is 77.8 Å². The number of aliphatic carboxylic acids is 1. The van der Waals surface area contributed by atoms with Crippen LogP contribution in [0.4, 0.5) is 0 Å². The fourth-order valence-corrected chi connectivity index (χ4v) is 4.58. The quantitative estimate of drug-likeness (QED) is 0.636. The molecule has 0 aliphatic carbocycles. The molecule has 1 fully saturated rings.